The molecular formula is C17H19NO2S. The molecule has 0 radical (unpaired) electrons. The molecule has 0 amide bonds. The van der Waals surface area contributed by atoms with Crippen molar-refractivity contribution in [2.45, 2.75) is 12.5 Å². The maximum Gasteiger partial charge on any atom is 0.310 e. The van der Waals surface area contributed by atoms with Crippen molar-refractivity contribution in [3.63, 3.8) is 0 Å². The lowest BCUT2D eigenvalue weighted by Gasteiger charge is -2.15. The average molecular weight is 301 g/mol. The third kappa shape index (κ3) is 3.17. The lowest BCUT2D eigenvalue weighted by Crippen LogP contribution is -2.24. The van der Waals surface area contributed by atoms with Crippen molar-refractivity contribution in [3.05, 3.63) is 58.3 Å². The van der Waals surface area contributed by atoms with E-state index in [2.05, 4.69) is 46.0 Å². The summed E-state index contributed by atoms with van der Waals surface area (Å²) in [4.78, 5) is 14.4. The molecule has 0 bridgehead atoms. The summed E-state index contributed by atoms with van der Waals surface area (Å²) in [7, 11) is 1.48. The summed E-state index contributed by atoms with van der Waals surface area (Å²) in [5.41, 5.74) is 2.54. The van der Waals surface area contributed by atoms with Gasteiger partial charge < -0.3 is 4.74 Å². The predicted molar refractivity (Wildman–Crippen MR) is 84.3 cm³/mol. The molecule has 1 aliphatic heterocycles. The summed E-state index contributed by atoms with van der Waals surface area (Å²) < 4.78 is 5.00. The van der Waals surface area contributed by atoms with Crippen LogP contribution in [0.2, 0.25) is 0 Å². The van der Waals surface area contributed by atoms with Gasteiger partial charge in [0.25, 0.3) is 0 Å². The van der Waals surface area contributed by atoms with Crippen molar-refractivity contribution in [1.82, 2.24) is 4.90 Å². The molecule has 21 heavy (non-hydrogen) atoms. The van der Waals surface area contributed by atoms with Gasteiger partial charge in [0.05, 0.1) is 13.0 Å². The SMILES string of the molecule is COC(=O)C1CN(Cc2ccccc2)CC1c1ccsc1. The highest BCUT2D eigenvalue weighted by Gasteiger charge is 2.39. The van der Waals surface area contributed by atoms with Gasteiger partial charge in [-0.1, -0.05) is 30.3 Å². The van der Waals surface area contributed by atoms with Gasteiger partial charge >= 0.3 is 5.97 Å². The van der Waals surface area contributed by atoms with E-state index in [0.29, 0.717) is 0 Å². The highest BCUT2D eigenvalue weighted by molar-refractivity contribution is 7.08. The van der Waals surface area contributed by atoms with Gasteiger partial charge in [-0.05, 0) is 28.0 Å². The molecule has 4 heteroatoms. The van der Waals surface area contributed by atoms with Crippen LogP contribution in [0, 0.1) is 5.92 Å². The molecule has 1 fully saturated rings. The molecule has 3 rings (SSSR count). The second kappa shape index (κ2) is 6.41. The third-order valence-electron chi connectivity index (χ3n) is 4.12. The Morgan fingerprint density at radius 1 is 1.29 bits per heavy atom. The molecule has 2 heterocycles. The number of thiophene rings is 1. The number of benzene rings is 1. The molecule has 2 atom stereocenters. The largest absolute Gasteiger partial charge is 0.469 e. The minimum absolute atomic E-state index is 0.0617. The number of likely N-dealkylation sites (tertiary alicyclic amines) is 1. The number of rotatable bonds is 4. The first-order valence-corrected chi connectivity index (χ1v) is 8.08. The van der Waals surface area contributed by atoms with Crippen LogP contribution in [0.5, 0.6) is 0 Å². The Hall–Kier alpha value is -1.65. The van der Waals surface area contributed by atoms with Crippen molar-refractivity contribution in [1.29, 1.82) is 0 Å². The zero-order valence-electron chi connectivity index (χ0n) is 12.1. The van der Waals surface area contributed by atoms with Crippen LogP contribution in [0.3, 0.4) is 0 Å². The van der Waals surface area contributed by atoms with E-state index in [9.17, 15) is 4.79 Å². The standard InChI is InChI=1S/C17H19NO2S/c1-20-17(19)16-11-18(9-13-5-3-2-4-6-13)10-15(16)14-7-8-21-12-14/h2-8,12,15-16H,9-11H2,1H3. The van der Waals surface area contributed by atoms with Gasteiger partial charge in [0.15, 0.2) is 0 Å². The Labute approximate surface area is 129 Å². The molecule has 1 aliphatic rings. The average Bonchev–Trinajstić information content (AvgIpc) is 3.16. The Kier molecular flexibility index (Phi) is 4.36. The molecule has 110 valence electrons. The molecule has 3 nitrogen and oxygen atoms in total. The summed E-state index contributed by atoms with van der Waals surface area (Å²) in [5, 5.41) is 4.22. The summed E-state index contributed by atoms with van der Waals surface area (Å²) in [6.07, 6.45) is 0. The maximum absolute atomic E-state index is 12.1. The van der Waals surface area contributed by atoms with Crippen molar-refractivity contribution in [3.8, 4) is 0 Å². The van der Waals surface area contributed by atoms with Gasteiger partial charge in [-0.15, -0.1) is 0 Å². The molecule has 0 aliphatic carbocycles. The van der Waals surface area contributed by atoms with E-state index in [1.807, 2.05) is 6.07 Å². The lowest BCUT2D eigenvalue weighted by molar-refractivity contribution is -0.145. The molecular weight excluding hydrogens is 282 g/mol. The number of carbonyl (C=O) groups is 1. The lowest BCUT2D eigenvalue weighted by atomic mass is 9.91. The molecule has 0 saturated carbocycles. The second-order valence-corrected chi connectivity index (χ2v) is 6.25. The van der Waals surface area contributed by atoms with E-state index in [1.165, 1.54) is 18.2 Å². The first kappa shape index (κ1) is 14.3. The Morgan fingerprint density at radius 3 is 2.76 bits per heavy atom. The van der Waals surface area contributed by atoms with Gasteiger partial charge in [-0.25, -0.2) is 0 Å². The summed E-state index contributed by atoms with van der Waals surface area (Å²) in [6.45, 7) is 2.56. The first-order valence-electron chi connectivity index (χ1n) is 7.14. The van der Waals surface area contributed by atoms with Crippen LogP contribution in [0.4, 0.5) is 0 Å². The first-order chi connectivity index (χ1) is 10.3. The van der Waals surface area contributed by atoms with Crippen molar-refractivity contribution in [2.24, 2.45) is 5.92 Å². The highest BCUT2D eigenvalue weighted by Crippen LogP contribution is 2.35. The minimum Gasteiger partial charge on any atom is -0.469 e. The number of ether oxygens (including phenoxy) is 1. The summed E-state index contributed by atoms with van der Waals surface area (Å²) in [5.74, 6) is 0.0856. The van der Waals surface area contributed by atoms with Gasteiger partial charge in [0.1, 0.15) is 0 Å². The quantitative estimate of drug-likeness (QED) is 0.813. The van der Waals surface area contributed by atoms with Gasteiger partial charge in [0.2, 0.25) is 0 Å². The molecule has 1 aromatic carbocycles. The van der Waals surface area contributed by atoms with E-state index in [-0.39, 0.29) is 17.8 Å². The number of carbonyl (C=O) groups excluding carboxylic acids is 1. The molecule has 0 spiro atoms. The van der Waals surface area contributed by atoms with Gasteiger partial charge in [-0.2, -0.15) is 11.3 Å². The van der Waals surface area contributed by atoms with Crippen LogP contribution >= 0.6 is 11.3 Å². The number of esters is 1. The van der Waals surface area contributed by atoms with Crippen LogP contribution < -0.4 is 0 Å². The number of methoxy groups -OCH3 is 1. The van der Waals surface area contributed by atoms with Crippen molar-refractivity contribution >= 4 is 17.3 Å². The highest BCUT2D eigenvalue weighted by atomic mass is 32.1. The predicted octanol–water partition coefficient (Wildman–Crippen LogP) is 3.14. The number of hydrogen-bond acceptors (Lipinski definition) is 4. The van der Waals surface area contributed by atoms with Crippen LogP contribution in [0.1, 0.15) is 17.0 Å². The Bertz CT molecular complexity index is 582. The zero-order valence-corrected chi connectivity index (χ0v) is 12.9. The minimum atomic E-state index is -0.0956. The van der Waals surface area contributed by atoms with Crippen LogP contribution in [-0.4, -0.2) is 31.1 Å². The van der Waals surface area contributed by atoms with E-state index >= 15 is 0 Å². The molecule has 2 unspecified atom stereocenters. The van der Waals surface area contributed by atoms with Gasteiger partial charge in [0, 0.05) is 25.6 Å². The molecule has 2 aromatic rings. The fourth-order valence-corrected chi connectivity index (χ4v) is 3.79. The van der Waals surface area contributed by atoms with E-state index in [0.717, 1.165) is 19.6 Å². The number of hydrogen-bond donors (Lipinski definition) is 0. The monoisotopic (exact) mass is 301 g/mol. The molecule has 1 saturated heterocycles. The fourth-order valence-electron chi connectivity index (χ4n) is 3.07. The topological polar surface area (TPSA) is 29.5 Å². The van der Waals surface area contributed by atoms with Crippen molar-refractivity contribution in [2.75, 3.05) is 20.2 Å². The van der Waals surface area contributed by atoms with Crippen LogP contribution in [0.15, 0.2) is 47.2 Å². The van der Waals surface area contributed by atoms with E-state index in [4.69, 9.17) is 4.74 Å². The molecule has 0 N–H and O–H groups in total. The zero-order chi connectivity index (χ0) is 14.7. The van der Waals surface area contributed by atoms with Crippen LogP contribution in [-0.2, 0) is 16.1 Å². The third-order valence-corrected chi connectivity index (χ3v) is 4.82. The maximum atomic E-state index is 12.1. The second-order valence-electron chi connectivity index (χ2n) is 5.47. The van der Waals surface area contributed by atoms with E-state index in [1.54, 1.807) is 11.3 Å². The van der Waals surface area contributed by atoms with E-state index < -0.39 is 0 Å². The summed E-state index contributed by atoms with van der Waals surface area (Å²) in [6, 6.07) is 12.5. The molecule has 1 aromatic heterocycles. The Morgan fingerprint density at radius 2 is 2.10 bits per heavy atom. The normalized spacial score (nSPS) is 22.3. The summed E-state index contributed by atoms with van der Waals surface area (Å²) >= 11 is 1.68. The van der Waals surface area contributed by atoms with Gasteiger partial charge in [-0.3, -0.25) is 9.69 Å². The van der Waals surface area contributed by atoms with Crippen molar-refractivity contribution < 1.29 is 9.53 Å². The smallest absolute Gasteiger partial charge is 0.310 e. The number of nitrogens with zero attached hydrogens (tertiary/aromatic N) is 1. The fraction of sp³-hybridized carbons (Fsp3) is 0.353. The van der Waals surface area contributed by atoms with Crippen LogP contribution in [0.25, 0.3) is 0 Å². The Balaban J connectivity index is 1.76.